The summed E-state index contributed by atoms with van der Waals surface area (Å²) in [4.78, 5) is 35.8. The van der Waals surface area contributed by atoms with Gasteiger partial charge in [-0.15, -0.1) is 0 Å². The number of amides is 2. The second kappa shape index (κ2) is 9.12. The first-order valence-corrected chi connectivity index (χ1v) is 11.0. The molecule has 0 spiro atoms. The van der Waals surface area contributed by atoms with Gasteiger partial charge in [-0.3, -0.25) is 9.59 Å². The molecule has 0 aromatic carbocycles. The summed E-state index contributed by atoms with van der Waals surface area (Å²) in [6.45, 7) is 5.56. The Balaban J connectivity index is 1.58. The number of hydrogen-bond acceptors (Lipinski definition) is 5. The maximum absolute atomic E-state index is 13.2. The Hall–Kier alpha value is -2.95. The maximum atomic E-state index is 13.2. The molecule has 178 valence electrons. The van der Waals surface area contributed by atoms with Gasteiger partial charge in [0.2, 0.25) is 0 Å². The van der Waals surface area contributed by atoms with Gasteiger partial charge in [-0.2, -0.15) is 13.2 Å². The smallest absolute Gasteiger partial charge is 0.373 e. The minimum atomic E-state index is -4.54. The minimum absolute atomic E-state index is 0.0883. The molecule has 1 N–H and O–H groups in total. The summed E-state index contributed by atoms with van der Waals surface area (Å²) in [5, 5.41) is 2.80. The lowest BCUT2D eigenvalue weighted by atomic mass is 10.1. The monoisotopic (exact) mass is 465 g/mol. The first kappa shape index (κ1) is 23.2. The van der Waals surface area contributed by atoms with Crippen molar-refractivity contribution in [2.45, 2.75) is 64.5 Å². The third-order valence-corrected chi connectivity index (χ3v) is 6.21. The van der Waals surface area contributed by atoms with E-state index in [4.69, 9.17) is 4.74 Å². The van der Waals surface area contributed by atoms with Gasteiger partial charge in [-0.25, -0.2) is 9.97 Å². The molecule has 11 heteroatoms. The first-order valence-electron chi connectivity index (χ1n) is 11.0. The molecule has 2 aliphatic heterocycles. The van der Waals surface area contributed by atoms with E-state index < -0.39 is 23.7 Å². The topological polar surface area (TPSA) is 89.4 Å². The van der Waals surface area contributed by atoms with Crippen molar-refractivity contribution < 1.29 is 27.5 Å². The van der Waals surface area contributed by atoms with Gasteiger partial charge in [0.05, 0.1) is 36.1 Å². The van der Waals surface area contributed by atoms with Crippen molar-refractivity contribution in [3.8, 4) is 0 Å². The van der Waals surface area contributed by atoms with Crippen molar-refractivity contribution in [2.75, 3.05) is 13.2 Å². The zero-order valence-electron chi connectivity index (χ0n) is 18.5. The van der Waals surface area contributed by atoms with E-state index in [0.29, 0.717) is 55.5 Å². The maximum Gasteiger partial charge on any atom is 0.419 e. The molecule has 0 aliphatic carbocycles. The van der Waals surface area contributed by atoms with Gasteiger partial charge in [0.25, 0.3) is 11.8 Å². The number of rotatable bonds is 5. The van der Waals surface area contributed by atoms with Crippen LogP contribution in [0.15, 0.2) is 18.5 Å². The highest BCUT2D eigenvalue weighted by Gasteiger charge is 2.34. The van der Waals surface area contributed by atoms with Crippen LogP contribution >= 0.6 is 0 Å². The lowest BCUT2D eigenvalue weighted by Crippen LogP contribution is -2.35. The molecular weight excluding hydrogens is 439 g/mol. The standard InChI is InChI=1S/C22H26F3N5O3/c1-3-16(19-26-10-14(11-27-19)22(23,24)25)28-20(31)15-9-17(30-7-8-33-12-18(15)30)21(32)29-6-4-5-13(29)2/h9-11,13,16H,3-8,12H2,1-2H3,(H,28,31)/t13-,16+/m0/s1. The zero-order valence-corrected chi connectivity index (χ0v) is 18.5. The van der Waals surface area contributed by atoms with Crippen LogP contribution in [0.3, 0.4) is 0 Å². The van der Waals surface area contributed by atoms with Gasteiger partial charge in [0.1, 0.15) is 11.5 Å². The van der Waals surface area contributed by atoms with Crippen LogP contribution in [-0.4, -0.2) is 50.4 Å². The number of nitrogens with one attached hydrogen (secondary N) is 1. The fraction of sp³-hybridized carbons (Fsp3) is 0.545. The number of hydrogen-bond donors (Lipinski definition) is 1. The molecule has 2 amide bonds. The predicted octanol–water partition coefficient (Wildman–Crippen LogP) is 3.33. The molecule has 1 fully saturated rings. The van der Waals surface area contributed by atoms with Gasteiger partial charge in [0, 0.05) is 31.5 Å². The van der Waals surface area contributed by atoms with Gasteiger partial charge >= 0.3 is 6.18 Å². The van der Waals surface area contributed by atoms with Crippen molar-refractivity contribution in [1.29, 1.82) is 0 Å². The SMILES string of the molecule is CC[C@@H](NC(=O)c1cc(C(=O)N2CCC[C@@H]2C)n2c1COCC2)c1ncc(C(F)(F)F)cn1. The fourth-order valence-corrected chi connectivity index (χ4v) is 4.33. The number of likely N-dealkylation sites (tertiary alicyclic amines) is 1. The van der Waals surface area contributed by atoms with E-state index in [1.807, 2.05) is 16.4 Å². The average Bonchev–Trinajstić information content (AvgIpc) is 3.40. The van der Waals surface area contributed by atoms with Crippen LogP contribution in [0.5, 0.6) is 0 Å². The summed E-state index contributed by atoms with van der Waals surface area (Å²) in [5.41, 5.74) is 0.420. The largest absolute Gasteiger partial charge is 0.419 e. The molecule has 0 unspecified atom stereocenters. The van der Waals surface area contributed by atoms with Gasteiger partial charge in [0.15, 0.2) is 0 Å². The molecule has 4 rings (SSSR count). The van der Waals surface area contributed by atoms with Crippen LogP contribution in [0.2, 0.25) is 0 Å². The lowest BCUT2D eigenvalue weighted by Gasteiger charge is -2.24. The summed E-state index contributed by atoms with van der Waals surface area (Å²) in [6, 6.07) is 1.05. The summed E-state index contributed by atoms with van der Waals surface area (Å²) >= 11 is 0. The number of alkyl halides is 3. The van der Waals surface area contributed by atoms with Gasteiger partial charge in [-0.1, -0.05) is 6.92 Å². The van der Waals surface area contributed by atoms with Crippen molar-refractivity contribution in [3.05, 3.63) is 46.8 Å². The molecule has 2 atom stereocenters. The second-order valence-electron chi connectivity index (χ2n) is 8.35. The molecule has 2 aliphatic rings. The Kier molecular flexibility index (Phi) is 6.42. The van der Waals surface area contributed by atoms with Gasteiger partial charge in [-0.05, 0) is 32.3 Å². The van der Waals surface area contributed by atoms with Crippen LogP contribution in [0.4, 0.5) is 13.2 Å². The van der Waals surface area contributed by atoms with Crippen molar-refractivity contribution in [3.63, 3.8) is 0 Å². The van der Waals surface area contributed by atoms with Crippen LogP contribution in [-0.2, 0) is 24.1 Å². The molecule has 2 aromatic heterocycles. The number of carbonyl (C=O) groups excluding carboxylic acids is 2. The first-order chi connectivity index (χ1) is 15.7. The Morgan fingerprint density at radius 1 is 1.27 bits per heavy atom. The highest BCUT2D eigenvalue weighted by molar-refractivity contribution is 6.01. The van der Waals surface area contributed by atoms with Crippen LogP contribution in [0.25, 0.3) is 0 Å². The molecule has 8 nitrogen and oxygen atoms in total. The number of aromatic nitrogens is 3. The summed E-state index contributed by atoms with van der Waals surface area (Å²) < 4.78 is 45.8. The van der Waals surface area contributed by atoms with E-state index in [1.54, 1.807) is 13.0 Å². The van der Waals surface area contributed by atoms with Crippen molar-refractivity contribution in [1.82, 2.24) is 24.8 Å². The van der Waals surface area contributed by atoms with E-state index in [1.165, 1.54) is 0 Å². The number of halogens is 3. The normalized spacial score (nSPS) is 19.3. The fourth-order valence-electron chi connectivity index (χ4n) is 4.33. The Bertz CT molecular complexity index is 1040. The van der Waals surface area contributed by atoms with Crippen molar-refractivity contribution >= 4 is 11.8 Å². The van der Waals surface area contributed by atoms with E-state index >= 15 is 0 Å². The van der Waals surface area contributed by atoms with Gasteiger partial charge < -0.3 is 19.5 Å². The zero-order chi connectivity index (χ0) is 23.8. The van der Waals surface area contributed by atoms with Crippen LogP contribution in [0, 0.1) is 0 Å². The number of ether oxygens (including phenoxy) is 1. The van der Waals surface area contributed by atoms with Crippen LogP contribution < -0.4 is 5.32 Å². The average molecular weight is 465 g/mol. The van der Waals surface area contributed by atoms with Crippen LogP contribution in [0.1, 0.15) is 77.1 Å². The Morgan fingerprint density at radius 2 is 2.00 bits per heavy atom. The summed E-state index contributed by atoms with van der Waals surface area (Å²) in [6.07, 6.45) is -0.854. The number of carbonyl (C=O) groups is 2. The molecule has 0 radical (unpaired) electrons. The molecule has 33 heavy (non-hydrogen) atoms. The molecule has 0 bridgehead atoms. The lowest BCUT2D eigenvalue weighted by molar-refractivity contribution is -0.138. The molecule has 0 saturated carbocycles. The predicted molar refractivity (Wildman–Crippen MR) is 111 cm³/mol. The Labute approximate surface area is 189 Å². The molecular formula is C22H26F3N5O3. The van der Waals surface area contributed by atoms with E-state index in [0.717, 1.165) is 12.8 Å². The van der Waals surface area contributed by atoms with E-state index in [-0.39, 0.29) is 24.4 Å². The molecule has 4 heterocycles. The van der Waals surface area contributed by atoms with E-state index in [2.05, 4.69) is 15.3 Å². The third-order valence-electron chi connectivity index (χ3n) is 6.21. The molecule has 1 saturated heterocycles. The second-order valence-corrected chi connectivity index (χ2v) is 8.35. The Morgan fingerprint density at radius 3 is 2.61 bits per heavy atom. The van der Waals surface area contributed by atoms with E-state index in [9.17, 15) is 22.8 Å². The highest BCUT2D eigenvalue weighted by Crippen LogP contribution is 2.29. The summed E-state index contributed by atoms with van der Waals surface area (Å²) in [5.74, 6) is -0.473. The highest BCUT2D eigenvalue weighted by atomic mass is 19.4. The quantitative estimate of drug-likeness (QED) is 0.732. The number of fused-ring (bicyclic) bond motifs is 1. The third kappa shape index (κ3) is 4.59. The summed E-state index contributed by atoms with van der Waals surface area (Å²) in [7, 11) is 0. The minimum Gasteiger partial charge on any atom is -0.373 e. The molecule has 2 aromatic rings. The number of nitrogens with zero attached hydrogens (tertiary/aromatic N) is 4. The van der Waals surface area contributed by atoms with Crippen molar-refractivity contribution in [2.24, 2.45) is 0 Å².